The molecule has 30 heavy (non-hydrogen) atoms. The maximum absolute atomic E-state index is 14.2. The summed E-state index contributed by atoms with van der Waals surface area (Å²) in [6.07, 6.45) is 0. The van der Waals surface area contributed by atoms with Crippen molar-refractivity contribution < 1.29 is 18.4 Å². The van der Waals surface area contributed by atoms with E-state index in [1.165, 1.54) is 4.90 Å². The highest BCUT2D eigenvalue weighted by atomic mass is 35.5. The number of nitrogens with zero attached hydrogens (tertiary/aromatic N) is 3. The molecule has 0 atom stereocenters. The average Bonchev–Trinajstić information content (AvgIpc) is 2.75. The lowest BCUT2D eigenvalue weighted by Crippen LogP contribution is -2.60. The second-order valence-corrected chi connectivity index (χ2v) is 7.11. The van der Waals surface area contributed by atoms with Gasteiger partial charge in [-0.25, -0.2) is 18.5 Å². The number of urea groups is 1. The van der Waals surface area contributed by atoms with E-state index in [0.29, 0.717) is 10.7 Å². The van der Waals surface area contributed by atoms with Gasteiger partial charge >= 0.3 is 6.03 Å². The van der Waals surface area contributed by atoms with E-state index in [9.17, 15) is 18.4 Å². The van der Waals surface area contributed by atoms with Crippen molar-refractivity contribution in [3.05, 3.63) is 95.0 Å². The van der Waals surface area contributed by atoms with Crippen LogP contribution in [-0.2, 0) is 0 Å². The molecule has 0 spiro atoms. The molecule has 1 heterocycles. The van der Waals surface area contributed by atoms with Crippen molar-refractivity contribution in [3.8, 4) is 0 Å². The summed E-state index contributed by atoms with van der Waals surface area (Å²) in [4.78, 5) is 30.1. The normalized spacial score (nSPS) is 14.2. The van der Waals surface area contributed by atoms with Gasteiger partial charge in [0.2, 0.25) is 0 Å². The highest BCUT2D eigenvalue weighted by Crippen LogP contribution is 2.27. The molecular formula is C22H16ClF2N3O2. The Morgan fingerprint density at radius 2 is 1.43 bits per heavy atom. The highest BCUT2D eigenvalue weighted by Gasteiger charge is 2.37. The van der Waals surface area contributed by atoms with Crippen LogP contribution in [0.5, 0.6) is 0 Å². The Kier molecular flexibility index (Phi) is 5.37. The third-order valence-electron chi connectivity index (χ3n) is 4.77. The van der Waals surface area contributed by atoms with Gasteiger partial charge in [0.25, 0.3) is 5.91 Å². The van der Waals surface area contributed by atoms with Crippen LogP contribution in [0.25, 0.3) is 0 Å². The summed E-state index contributed by atoms with van der Waals surface area (Å²) >= 11 is 5.94. The van der Waals surface area contributed by atoms with Crippen LogP contribution < -0.4 is 9.80 Å². The van der Waals surface area contributed by atoms with Gasteiger partial charge in [0.15, 0.2) is 0 Å². The third-order valence-corrected chi connectivity index (χ3v) is 5.02. The molecule has 1 saturated heterocycles. The van der Waals surface area contributed by atoms with E-state index < -0.39 is 29.1 Å². The number of hydrogen-bond donors (Lipinski definition) is 0. The molecule has 0 aliphatic carbocycles. The van der Waals surface area contributed by atoms with Gasteiger partial charge in [-0.1, -0.05) is 35.9 Å². The lowest BCUT2D eigenvalue weighted by Gasteiger charge is -2.42. The SMILES string of the molecule is O=C(c1c(F)cccc1F)N1CN(c2ccccc2)CN(c2ccc(Cl)cc2)C1=O. The van der Waals surface area contributed by atoms with Gasteiger partial charge in [0.05, 0.1) is 0 Å². The lowest BCUT2D eigenvalue weighted by molar-refractivity contribution is 0.0785. The topological polar surface area (TPSA) is 43.9 Å². The lowest BCUT2D eigenvalue weighted by atomic mass is 10.1. The van der Waals surface area contributed by atoms with Gasteiger partial charge in [0.1, 0.15) is 30.5 Å². The number of para-hydroxylation sites is 1. The van der Waals surface area contributed by atoms with Crippen LogP contribution >= 0.6 is 11.6 Å². The van der Waals surface area contributed by atoms with E-state index >= 15 is 0 Å². The first-order chi connectivity index (χ1) is 14.5. The number of amides is 3. The number of hydrogen-bond acceptors (Lipinski definition) is 3. The van der Waals surface area contributed by atoms with Crippen LogP contribution in [-0.4, -0.2) is 30.2 Å². The number of imide groups is 1. The van der Waals surface area contributed by atoms with Gasteiger partial charge in [-0.2, -0.15) is 0 Å². The molecular weight excluding hydrogens is 412 g/mol. The predicted molar refractivity (Wildman–Crippen MR) is 111 cm³/mol. The molecule has 3 aromatic carbocycles. The zero-order valence-corrected chi connectivity index (χ0v) is 16.4. The zero-order valence-electron chi connectivity index (χ0n) is 15.6. The van der Waals surface area contributed by atoms with Crippen molar-refractivity contribution in [3.63, 3.8) is 0 Å². The van der Waals surface area contributed by atoms with Crippen LogP contribution in [0.3, 0.4) is 0 Å². The average molecular weight is 428 g/mol. The number of carbonyl (C=O) groups excluding carboxylic acids is 2. The number of benzene rings is 3. The van der Waals surface area contributed by atoms with Crippen molar-refractivity contribution in [1.82, 2.24) is 4.90 Å². The van der Waals surface area contributed by atoms with Crippen molar-refractivity contribution in [2.75, 3.05) is 23.1 Å². The molecule has 8 heteroatoms. The second-order valence-electron chi connectivity index (χ2n) is 6.68. The molecule has 3 aromatic rings. The largest absolute Gasteiger partial charge is 0.335 e. The number of halogens is 3. The van der Waals surface area contributed by atoms with Crippen LogP contribution in [0.2, 0.25) is 5.02 Å². The van der Waals surface area contributed by atoms with Crippen LogP contribution in [0.15, 0.2) is 72.8 Å². The number of anilines is 2. The Bertz CT molecular complexity index is 1070. The first kappa shape index (κ1) is 19.8. The van der Waals surface area contributed by atoms with Crippen molar-refractivity contribution >= 4 is 34.9 Å². The molecule has 1 fully saturated rings. The fraction of sp³-hybridized carbons (Fsp3) is 0.0909. The molecule has 3 amide bonds. The summed E-state index contributed by atoms with van der Waals surface area (Å²) in [5.41, 5.74) is 0.476. The fourth-order valence-corrected chi connectivity index (χ4v) is 3.38. The van der Waals surface area contributed by atoms with Gasteiger partial charge in [-0.05, 0) is 48.5 Å². The maximum Gasteiger partial charge on any atom is 0.334 e. The zero-order chi connectivity index (χ0) is 21.3. The summed E-state index contributed by atoms with van der Waals surface area (Å²) in [7, 11) is 0. The minimum absolute atomic E-state index is 0.147. The monoisotopic (exact) mass is 427 g/mol. The minimum atomic E-state index is -1.05. The highest BCUT2D eigenvalue weighted by molar-refractivity contribution is 6.30. The van der Waals surface area contributed by atoms with E-state index in [1.54, 1.807) is 29.2 Å². The third kappa shape index (κ3) is 3.71. The van der Waals surface area contributed by atoms with E-state index in [4.69, 9.17) is 11.6 Å². The summed E-state index contributed by atoms with van der Waals surface area (Å²) in [5.74, 6) is -3.10. The smallest absolute Gasteiger partial charge is 0.334 e. The van der Waals surface area contributed by atoms with E-state index in [1.807, 2.05) is 30.3 Å². The molecule has 152 valence electrons. The van der Waals surface area contributed by atoms with Crippen LogP contribution in [0.1, 0.15) is 10.4 Å². The van der Waals surface area contributed by atoms with E-state index in [-0.39, 0.29) is 13.3 Å². The van der Waals surface area contributed by atoms with Gasteiger partial charge in [0, 0.05) is 16.4 Å². The van der Waals surface area contributed by atoms with Crippen LogP contribution in [0.4, 0.5) is 25.0 Å². The Morgan fingerprint density at radius 1 is 0.800 bits per heavy atom. The summed E-state index contributed by atoms with van der Waals surface area (Å²) in [6.45, 7) is -0.00639. The Labute approximate surface area is 176 Å². The molecule has 1 aliphatic heterocycles. The molecule has 0 bridgehead atoms. The Hall–Kier alpha value is -3.45. The van der Waals surface area contributed by atoms with Crippen molar-refractivity contribution in [1.29, 1.82) is 0 Å². The summed E-state index contributed by atoms with van der Waals surface area (Å²) < 4.78 is 28.5. The van der Waals surface area contributed by atoms with E-state index in [2.05, 4.69) is 0 Å². The van der Waals surface area contributed by atoms with Crippen LogP contribution in [0, 0.1) is 11.6 Å². The van der Waals surface area contributed by atoms with Gasteiger partial charge < -0.3 is 4.90 Å². The molecule has 0 aromatic heterocycles. The molecule has 4 rings (SSSR count). The number of rotatable bonds is 3. The number of carbonyl (C=O) groups is 2. The minimum Gasteiger partial charge on any atom is -0.335 e. The molecule has 1 aliphatic rings. The maximum atomic E-state index is 14.2. The van der Waals surface area contributed by atoms with Gasteiger partial charge in [-0.3, -0.25) is 9.69 Å². The molecule has 0 saturated carbocycles. The summed E-state index contributed by atoms with van der Waals surface area (Å²) in [5, 5.41) is 0.490. The molecule has 0 N–H and O–H groups in total. The van der Waals surface area contributed by atoms with Crippen molar-refractivity contribution in [2.45, 2.75) is 0 Å². The fourth-order valence-electron chi connectivity index (χ4n) is 3.26. The first-order valence-electron chi connectivity index (χ1n) is 9.08. The first-order valence-corrected chi connectivity index (χ1v) is 9.46. The standard InChI is InChI=1S/C22H16ClF2N3O2/c23-15-9-11-17(12-10-15)27-13-26(16-5-2-1-3-6-16)14-28(22(27)30)21(29)20-18(24)7-4-8-19(20)25/h1-12H,13-14H2. The summed E-state index contributed by atoms with van der Waals surface area (Å²) in [6, 6.07) is 18.1. The Morgan fingerprint density at radius 3 is 2.07 bits per heavy atom. The van der Waals surface area contributed by atoms with E-state index in [0.717, 1.165) is 28.8 Å². The molecule has 0 radical (unpaired) electrons. The molecule has 5 nitrogen and oxygen atoms in total. The second kappa shape index (κ2) is 8.12. The van der Waals surface area contributed by atoms with Gasteiger partial charge in [-0.15, -0.1) is 0 Å². The Balaban J connectivity index is 1.75. The quantitative estimate of drug-likeness (QED) is 0.582. The predicted octanol–water partition coefficient (Wildman–Crippen LogP) is 5.12. The molecule has 0 unspecified atom stereocenters. The van der Waals surface area contributed by atoms with Crippen molar-refractivity contribution in [2.24, 2.45) is 0 Å².